The van der Waals surface area contributed by atoms with E-state index in [1.165, 1.54) is 50.4 Å². The van der Waals surface area contributed by atoms with Gasteiger partial charge in [0.25, 0.3) is 0 Å². The number of piperazine rings is 1. The van der Waals surface area contributed by atoms with Crippen LogP contribution in [-0.2, 0) is 13.0 Å². The van der Waals surface area contributed by atoms with E-state index in [1.54, 1.807) is 0 Å². The molecule has 2 aliphatic heterocycles. The van der Waals surface area contributed by atoms with Gasteiger partial charge in [-0.25, -0.2) is 0 Å². The summed E-state index contributed by atoms with van der Waals surface area (Å²) in [5, 5.41) is 0. The summed E-state index contributed by atoms with van der Waals surface area (Å²) in [5.74, 6) is 0. The molecule has 0 amide bonds. The van der Waals surface area contributed by atoms with Gasteiger partial charge in [0, 0.05) is 58.0 Å². The van der Waals surface area contributed by atoms with Crippen LogP contribution in [0.4, 0.5) is 5.69 Å². The Hall–Kier alpha value is -1.10. The van der Waals surface area contributed by atoms with Gasteiger partial charge in [0.15, 0.2) is 0 Å². The van der Waals surface area contributed by atoms with Crippen molar-refractivity contribution in [2.75, 3.05) is 58.6 Å². The lowest BCUT2D eigenvalue weighted by molar-refractivity contribution is 0.131. The molecule has 0 unspecified atom stereocenters. The molecule has 0 aromatic heterocycles. The number of hydrogen-bond donors (Lipinski definition) is 1. The molecule has 4 nitrogen and oxygen atoms in total. The monoisotopic (exact) mass is 274 g/mol. The molecule has 1 fully saturated rings. The molecule has 2 N–H and O–H groups in total. The van der Waals surface area contributed by atoms with Gasteiger partial charge in [-0.2, -0.15) is 0 Å². The third-order valence-corrected chi connectivity index (χ3v) is 4.71. The Bertz CT molecular complexity index is 452. The van der Waals surface area contributed by atoms with E-state index >= 15 is 0 Å². The summed E-state index contributed by atoms with van der Waals surface area (Å²) in [6, 6.07) is 6.34. The van der Waals surface area contributed by atoms with Crippen LogP contribution in [0.25, 0.3) is 0 Å². The molecule has 0 radical (unpaired) electrons. The zero-order valence-electron chi connectivity index (χ0n) is 12.5. The van der Waals surface area contributed by atoms with Crippen molar-refractivity contribution in [2.45, 2.75) is 13.0 Å². The van der Waals surface area contributed by atoms with Gasteiger partial charge in [-0.3, -0.25) is 9.80 Å². The molecule has 1 aromatic rings. The summed E-state index contributed by atoms with van der Waals surface area (Å²) in [7, 11) is 2.21. The zero-order valence-corrected chi connectivity index (χ0v) is 12.5. The number of rotatable bonds is 3. The molecule has 0 saturated carbocycles. The standard InChI is InChI=1S/C16H26N4/c1-18-7-9-19(10-8-18)11-12-20-6-5-15-14(13-20)3-2-4-16(15)17/h2-4H,5-13,17H2,1H3. The lowest BCUT2D eigenvalue weighted by Crippen LogP contribution is -2.47. The molecular weight excluding hydrogens is 248 g/mol. The van der Waals surface area contributed by atoms with Gasteiger partial charge in [-0.05, 0) is 30.7 Å². The third kappa shape index (κ3) is 3.14. The fourth-order valence-electron chi connectivity index (χ4n) is 3.24. The molecule has 1 saturated heterocycles. The lowest BCUT2D eigenvalue weighted by Gasteiger charge is -2.35. The Balaban J connectivity index is 1.51. The Kier molecular flexibility index (Phi) is 4.24. The lowest BCUT2D eigenvalue weighted by atomic mass is 9.98. The minimum absolute atomic E-state index is 0.973. The molecule has 0 spiro atoms. The topological polar surface area (TPSA) is 35.7 Å². The fraction of sp³-hybridized carbons (Fsp3) is 0.625. The second kappa shape index (κ2) is 6.12. The van der Waals surface area contributed by atoms with Gasteiger partial charge in [-0.15, -0.1) is 0 Å². The first kappa shape index (κ1) is 13.9. The van der Waals surface area contributed by atoms with Crippen molar-refractivity contribution >= 4 is 5.69 Å². The van der Waals surface area contributed by atoms with Gasteiger partial charge in [0.1, 0.15) is 0 Å². The van der Waals surface area contributed by atoms with Gasteiger partial charge in [0.2, 0.25) is 0 Å². The van der Waals surface area contributed by atoms with E-state index in [0.29, 0.717) is 0 Å². The molecule has 1 aromatic carbocycles. The van der Waals surface area contributed by atoms with Crippen LogP contribution in [0.2, 0.25) is 0 Å². The van der Waals surface area contributed by atoms with E-state index in [0.717, 1.165) is 25.2 Å². The minimum atomic E-state index is 0.973. The number of benzene rings is 1. The molecule has 0 bridgehead atoms. The average Bonchev–Trinajstić information content (AvgIpc) is 2.47. The van der Waals surface area contributed by atoms with E-state index in [2.05, 4.69) is 33.9 Å². The van der Waals surface area contributed by atoms with E-state index < -0.39 is 0 Å². The van der Waals surface area contributed by atoms with Crippen molar-refractivity contribution in [1.82, 2.24) is 14.7 Å². The van der Waals surface area contributed by atoms with E-state index in [1.807, 2.05) is 6.07 Å². The summed E-state index contributed by atoms with van der Waals surface area (Å²) >= 11 is 0. The molecular formula is C16H26N4. The highest BCUT2D eigenvalue weighted by Gasteiger charge is 2.19. The summed E-state index contributed by atoms with van der Waals surface area (Å²) in [6.07, 6.45) is 1.10. The van der Waals surface area contributed by atoms with Crippen LogP contribution >= 0.6 is 0 Å². The number of anilines is 1. The molecule has 2 aliphatic rings. The van der Waals surface area contributed by atoms with Gasteiger partial charge in [-0.1, -0.05) is 12.1 Å². The Morgan fingerprint density at radius 3 is 2.55 bits per heavy atom. The van der Waals surface area contributed by atoms with Crippen LogP contribution in [0, 0.1) is 0 Å². The molecule has 0 aliphatic carbocycles. The largest absolute Gasteiger partial charge is 0.398 e. The summed E-state index contributed by atoms with van der Waals surface area (Å²) < 4.78 is 0. The molecule has 20 heavy (non-hydrogen) atoms. The number of nitrogen functional groups attached to an aromatic ring is 1. The van der Waals surface area contributed by atoms with Crippen molar-refractivity contribution in [2.24, 2.45) is 0 Å². The number of hydrogen-bond acceptors (Lipinski definition) is 4. The second-order valence-corrected chi connectivity index (χ2v) is 6.16. The molecule has 0 atom stereocenters. The van der Waals surface area contributed by atoms with Crippen molar-refractivity contribution in [3.8, 4) is 0 Å². The summed E-state index contributed by atoms with van der Waals surface area (Å²) in [5.41, 5.74) is 9.84. The first-order valence-electron chi connectivity index (χ1n) is 7.72. The van der Waals surface area contributed by atoms with Gasteiger partial charge >= 0.3 is 0 Å². The normalized spacial score (nSPS) is 21.9. The highest BCUT2D eigenvalue weighted by molar-refractivity contribution is 5.51. The van der Waals surface area contributed by atoms with Crippen LogP contribution in [0.5, 0.6) is 0 Å². The fourth-order valence-corrected chi connectivity index (χ4v) is 3.24. The quantitative estimate of drug-likeness (QED) is 0.830. The maximum Gasteiger partial charge on any atom is 0.0350 e. The van der Waals surface area contributed by atoms with Crippen molar-refractivity contribution < 1.29 is 0 Å². The predicted octanol–water partition coefficient (Wildman–Crippen LogP) is 0.874. The van der Waals surface area contributed by atoms with E-state index in [4.69, 9.17) is 5.73 Å². The zero-order chi connectivity index (χ0) is 13.9. The Morgan fingerprint density at radius 1 is 1.00 bits per heavy atom. The molecule has 2 heterocycles. The number of nitrogens with two attached hydrogens (primary N) is 1. The second-order valence-electron chi connectivity index (χ2n) is 6.16. The van der Waals surface area contributed by atoms with Crippen molar-refractivity contribution in [3.05, 3.63) is 29.3 Å². The maximum absolute atomic E-state index is 6.06. The van der Waals surface area contributed by atoms with E-state index in [-0.39, 0.29) is 0 Å². The molecule has 3 rings (SSSR count). The predicted molar refractivity (Wildman–Crippen MR) is 83.8 cm³/mol. The average molecular weight is 274 g/mol. The SMILES string of the molecule is CN1CCN(CCN2CCc3c(N)cccc3C2)CC1. The maximum atomic E-state index is 6.06. The smallest absolute Gasteiger partial charge is 0.0350 e. The summed E-state index contributed by atoms with van der Waals surface area (Å²) in [4.78, 5) is 7.57. The van der Waals surface area contributed by atoms with Crippen LogP contribution in [0.3, 0.4) is 0 Å². The van der Waals surface area contributed by atoms with E-state index in [9.17, 15) is 0 Å². The van der Waals surface area contributed by atoms with Crippen LogP contribution in [-0.4, -0.2) is 67.6 Å². The van der Waals surface area contributed by atoms with Crippen LogP contribution < -0.4 is 5.73 Å². The van der Waals surface area contributed by atoms with Crippen LogP contribution in [0.1, 0.15) is 11.1 Å². The van der Waals surface area contributed by atoms with Crippen LogP contribution in [0.15, 0.2) is 18.2 Å². The van der Waals surface area contributed by atoms with Gasteiger partial charge < -0.3 is 10.6 Å². The first-order chi connectivity index (χ1) is 9.72. The number of likely N-dealkylation sites (N-methyl/N-ethyl adjacent to an activating group) is 1. The number of fused-ring (bicyclic) bond motifs is 1. The van der Waals surface area contributed by atoms with Gasteiger partial charge in [0.05, 0.1) is 0 Å². The van der Waals surface area contributed by atoms with Crippen molar-refractivity contribution in [3.63, 3.8) is 0 Å². The highest BCUT2D eigenvalue weighted by Crippen LogP contribution is 2.23. The molecule has 4 heteroatoms. The minimum Gasteiger partial charge on any atom is -0.398 e. The first-order valence-corrected chi connectivity index (χ1v) is 7.72. The Labute approximate surface area is 122 Å². The summed E-state index contributed by atoms with van der Waals surface area (Å²) in [6.45, 7) is 9.44. The Morgan fingerprint density at radius 2 is 1.75 bits per heavy atom. The third-order valence-electron chi connectivity index (χ3n) is 4.71. The van der Waals surface area contributed by atoms with Crippen molar-refractivity contribution in [1.29, 1.82) is 0 Å². The highest BCUT2D eigenvalue weighted by atomic mass is 15.3. The molecule has 110 valence electrons. The number of nitrogens with zero attached hydrogens (tertiary/aromatic N) is 3.